The average molecular weight is 179 g/mol. The van der Waals surface area contributed by atoms with Crippen molar-refractivity contribution >= 4 is 19.5 Å². The maximum Gasteiger partial charge on any atom is 0.0817 e. The zero-order valence-electron chi connectivity index (χ0n) is 6.21. The third-order valence-corrected chi connectivity index (χ3v) is 4.98. The molecule has 1 heterocycles. The number of aliphatic hydroxyl groups excluding tert-OH is 1. The van der Waals surface area contributed by atoms with E-state index in [-0.39, 0.29) is 11.0 Å². The maximum atomic E-state index is 9.42. The van der Waals surface area contributed by atoms with E-state index in [0.717, 1.165) is 6.42 Å². The number of allylic oxidation sites excluding steroid dienone is 1. The second-order valence-electron chi connectivity index (χ2n) is 2.54. The number of rotatable bonds is 1. The summed E-state index contributed by atoms with van der Waals surface area (Å²) in [5.74, 6) is -0.178. The Labute approximate surface area is 67.8 Å². The van der Waals surface area contributed by atoms with Gasteiger partial charge in [0.1, 0.15) is 0 Å². The summed E-state index contributed by atoms with van der Waals surface area (Å²) in [6, 6.07) is 0. The molecule has 0 aromatic carbocycles. The van der Waals surface area contributed by atoms with Gasteiger partial charge in [-0.3, -0.25) is 0 Å². The Bertz CT molecular complexity index is 156. The fourth-order valence-electron chi connectivity index (χ4n) is 1.25. The SMILES string of the molecule is CC1=CCC(O)P1C(C)Cl. The fourth-order valence-corrected chi connectivity index (χ4v) is 4.25. The van der Waals surface area contributed by atoms with E-state index in [2.05, 4.69) is 13.0 Å². The van der Waals surface area contributed by atoms with Crippen LogP contribution in [0.15, 0.2) is 11.4 Å². The van der Waals surface area contributed by atoms with Crippen molar-refractivity contribution in [3.63, 3.8) is 0 Å². The lowest BCUT2D eigenvalue weighted by Crippen LogP contribution is -2.03. The molecule has 1 aliphatic rings. The molecule has 1 N–H and O–H groups in total. The highest BCUT2D eigenvalue weighted by Crippen LogP contribution is 2.58. The van der Waals surface area contributed by atoms with E-state index >= 15 is 0 Å². The molecule has 58 valence electrons. The van der Waals surface area contributed by atoms with E-state index < -0.39 is 7.92 Å². The zero-order valence-corrected chi connectivity index (χ0v) is 7.86. The van der Waals surface area contributed by atoms with Crippen LogP contribution in [0, 0.1) is 0 Å². The van der Waals surface area contributed by atoms with Crippen LogP contribution in [0.4, 0.5) is 0 Å². The minimum absolute atomic E-state index is 0.115. The molecule has 1 rings (SSSR count). The average Bonchev–Trinajstić information content (AvgIpc) is 2.11. The monoisotopic (exact) mass is 178 g/mol. The molecule has 0 fully saturated rings. The van der Waals surface area contributed by atoms with Gasteiger partial charge in [0.25, 0.3) is 0 Å². The van der Waals surface area contributed by atoms with E-state index in [0.29, 0.717) is 0 Å². The number of hydrogen-bond acceptors (Lipinski definition) is 1. The molecule has 0 aromatic heterocycles. The van der Waals surface area contributed by atoms with E-state index in [1.165, 1.54) is 5.31 Å². The number of aliphatic hydroxyl groups is 1. The summed E-state index contributed by atoms with van der Waals surface area (Å²) in [5, 5.41) is 10.8. The molecule has 0 saturated carbocycles. The molecule has 3 heteroatoms. The van der Waals surface area contributed by atoms with E-state index in [1.807, 2.05) is 6.92 Å². The molecule has 0 aromatic rings. The van der Waals surface area contributed by atoms with Crippen LogP contribution in [0.3, 0.4) is 0 Å². The van der Waals surface area contributed by atoms with Crippen LogP contribution < -0.4 is 0 Å². The second kappa shape index (κ2) is 3.21. The molecule has 3 atom stereocenters. The van der Waals surface area contributed by atoms with Gasteiger partial charge in [-0.25, -0.2) is 0 Å². The van der Waals surface area contributed by atoms with Crippen molar-refractivity contribution in [1.29, 1.82) is 0 Å². The van der Waals surface area contributed by atoms with Gasteiger partial charge in [-0.1, -0.05) is 6.08 Å². The van der Waals surface area contributed by atoms with Gasteiger partial charge in [-0.2, -0.15) is 0 Å². The first kappa shape index (κ1) is 8.52. The quantitative estimate of drug-likeness (QED) is 0.484. The molecule has 1 nitrogen and oxygen atoms in total. The minimum atomic E-state index is -0.444. The van der Waals surface area contributed by atoms with Crippen LogP contribution in [0.1, 0.15) is 20.3 Å². The van der Waals surface area contributed by atoms with Crippen LogP contribution >= 0.6 is 19.5 Å². The van der Waals surface area contributed by atoms with Crippen LogP contribution in [-0.2, 0) is 0 Å². The molecule has 3 unspecified atom stereocenters. The predicted octanol–water partition coefficient (Wildman–Crippen LogP) is 2.68. The summed E-state index contributed by atoms with van der Waals surface area (Å²) in [5.41, 5.74) is 0. The molecule has 0 aliphatic carbocycles. The van der Waals surface area contributed by atoms with Crippen molar-refractivity contribution in [3.8, 4) is 0 Å². The molecule has 0 bridgehead atoms. The second-order valence-corrected chi connectivity index (χ2v) is 6.39. The molecule has 1 aliphatic heterocycles. The third-order valence-electron chi connectivity index (χ3n) is 1.74. The van der Waals surface area contributed by atoms with Crippen molar-refractivity contribution < 1.29 is 5.11 Å². The summed E-state index contributed by atoms with van der Waals surface area (Å²) < 4.78 is 0. The van der Waals surface area contributed by atoms with Gasteiger partial charge in [0.2, 0.25) is 0 Å². The number of halogens is 1. The third kappa shape index (κ3) is 1.53. The Hall–Kier alpha value is 0.420. The van der Waals surface area contributed by atoms with Crippen LogP contribution in [0.5, 0.6) is 0 Å². The van der Waals surface area contributed by atoms with Crippen molar-refractivity contribution in [2.45, 2.75) is 31.2 Å². The van der Waals surface area contributed by atoms with E-state index in [9.17, 15) is 5.11 Å². The van der Waals surface area contributed by atoms with Gasteiger partial charge in [-0.15, -0.1) is 11.6 Å². The molecule has 0 amide bonds. The normalized spacial score (nSPS) is 35.8. The lowest BCUT2D eigenvalue weighted by molar-refractivity contribution is 0.264. The van der Waals surface area contributed by atoms with Crippen LogP contribution in [0.25, 0.3) is 0 Å². The summed E-state index contributed by atoms with van der Waals surface area (Å²) in [4.78, 5) is 0. The fraction of sp³-hybridized carbons (Fsp3) is 0.714. The highest BCUT2D eigenvalue weighted by molar-refractivity contribution is 7.65. The minimum Gasteiger partial charge on any atom is -0.388 e. The lowest BCUT2D eigenvalue weighted by atomic mass is 10.4. The topological polar surface area (TPSA) is 20.2 Å². The smallest absolute Gasteiger partial charge is 0.0817 e. The number of alkyl halides is 1. The van der Waals surface area contributed by atoms with Gasteiger partial charge in [-0.05, 0) is 33.5 Å². The van der Waals surface area contributed by atoms with Gasteiger partial charge in [0, 0.05) is 0 Å². The molecule has 0 radical (unpaired) electrons. The van der Waals surface area contributed by atoms with Gasteiger partial charge in [0.05, 0.1) is 11.0 Å². The lowest BCUT2D eigenvalue weighted by Gasteiger charge is -2.19. The maximum absolute atomic E-state index is 9.42. The first-order valence-electron chi connectivity index (χ1n) is 3.40. The van der Waals surface area contributed by atoms with Crippen molar-refractivity contribution in [2.24, 2.45) is 0 Å². The van der Waals surface area contributed by atoms with Crippen molar-refractivity contribution in [2.75, 3.05) is 0 Å². The molecule has 10 heavy (non-hydrogen) atoms. The van der Waals surface area contributed by atoms with Crippen molar-refractivity contribution in [3.05, 3.63) is 11.4 Å². The van der Waals surface area contributed by atoms with E-state index in [1.54, 1.807) is 0 Å². The Morgan fingerprint density at radius 1 is 1.90 bits per heavy atom. The molecular formula is C7H12ClOP. The summed E-state index contributed by atoms with van der Waals surface area (Å²) in [7, 11) is -0.444. The van der Waals surface area contributed by atoms with E-state index in [4.69, 9.17) is 11.6 Å². The van der Waals surface area contributed by atoms with Crippen LogP contribution in [-0.4, -0.2) is 16.1 Å². The Balaban J connectivity index is 2.64. The summed E-state index contributed by atoms with van der Waals surface area (Å²) >= 11 is 5.90. The standard InChI is InChI=1S/C7H12ClOP/c1-5-3-4-7(9)10(5)6(2)8/h3,6-7,9H,4H2,1-2H3. The Kier molecular flexibility index (Phi) is 2.74. The van der Waals surface area contributed by atoms with Gasteiger partial charge >= 0.3 is 0 Å². The van der Waals surface area contributed by atoms with Crippen LogP contribution in [0.2, 0.25) is 0 Å². The molecule has 0 spiro atoms. The first-order chi connectivity index (χ1) is 4.63. The molecular weight excluding hydrogens is 167 g/mol. The number of hydrogen-bond donors (Lipinski definition) is 1. The Morgan fingerprint density at radius 2 is 2.50 bits per heavy atom. The summed E-state index contributed by atoms with van der Waals surface area (Å²) in [6.07, 6.45) is 2.89. The Morgan fingerprint density at radius 3 is 2.70 bits per heavy atom. The molecule has 0 saturated heterocycles. The largest absolute Gasteiger partial charge is 0.388 e. The highest BCUT2D eigenvalue weighted by Gasteiger charge is 2.28. The van der Waals surface area contributed by atoms with Gasteiger partial charge in [0.15, 0.2) is 0 Å². The predicted molar refractivity (Wildman–Crippen MR) is 46.6 cm³/mol. The summed E-state index contributed by atoms with van der Waals surface area (Å²) in [6.45, 7) is 4.01. The highest BCUT2D eigenvalue weighted by atomic mass is 35.5. The zero-order chi connectivity index (χ0) is 7.72. The van der Waals surface area contributed by atoms with Gasteiger partial charge < -0.3 is 5.11 Å². The first-order valence-corrected chi connectivity index (χ1v) is 5.32. The van der Waals surface area contributed by atoms with Crippen molar-refractivity contribution in [1.82, 2.24) is 0 Å².